The minimum atomic E-state index is 0.421. The molecule has 1 rings (SSSR count). The quantitative estimate of drug-likeness (QED) is 0.634. The summed E-state index contributed by atoms with van der Waals surface area (Å²) in [6.45, 7) is 3.58. The lowest BCUT2D eigenvalue weighted by molar-refractivity contribution is 1.18. The normalized spacial score (nSPS) is 8.64. The van der Waals surface area contributed by atoms with Gasteiger partial charge in [-0.25, -0.2) is 0 Å². The summed E-state index contributed by atoms with van der Waals surface area (Å²) in [4.78, 5) is 4.05. The summed E-state index contributed by atoms with van der Waals surface area (Å²) in [6, 6.07) is 5.78. The number of aromatic nitrogens is 1. The van der Waals surface area contributed by atoms with Crippen molar-refractivity contribution in [1.82, 2.24) is 4.98 Å². The highest BCUT2D eigenvalue weighted by molar-refractivity contribution is 5.41. The summed E-state index contributed by atoms with van der Waals surface area (Å²) in [7, 11) is 0. The van der Waals surface area contributed by atoms with Crippen molar-refractivity contribution in [3.05, 3.63) is 36.2 Å². The highest BCUT2D eigenvalue weighted by atomic mass is 14.7. The average molecular weight is 144 g/mol. The molecule has 11 heavy (non-hydrogen) atoms. The Labute approximate surface area is 65.8 Å². The van der Waals surface area contributed by atoms with E-state index < -0.39 is 0 Å². The van der Waals surface area contributed by atoms with Gasteiger partial charge in [0, 0.05) is 6.20 Å². The van der Waals surface area contributed by atoms with Crippen LogP contribution in [0.3, 0.4) is 0 Å². The van der Waals surface area contributed by atoms with E-state index in [-0.39, 0.29) is 0 Å². The second-order valence-electron chi connectivity index (χ2n) is 2.13. The summed E-state index contributed by atoms with van der Waals surface area (Å²) in [5.74, 6) is 0. The summed E-state index contributed by atoms with van der Waals surface area (Å²) >= 11 is 0. The molecule has 1 heterocycles. The van der Waals surface area contributed by atoms with E-state index in [4.69, 9.17) is 5.26 Å². The van der Waals surface area contributed by atoms with Crippen LogP contribution < -0.4 is 0 Å². The lowest BCUT2D eigenvalue weighted by atomic mass is 10.2. The van der Waals surface area contributed by atoms with Crippen LogP contribution in [0.15, 0.2) is 24.9 Å². The van der Waals surface area contributed by atoms with Crippen molar-refractivity contribution in [2.75, 3.05) is 0 Å². The molecule has 0 spiro atoms. The molecule has 0 radical (unpaired) electrons. The van der Waals surface area contributed by atoms with Gasteiger partial charge in [-0.05, 0) is 17.7 Å². The molecular formula is C9H8N2. The molecule has 0 saturated carbocycles. The average Bonchev–Trinajstić information content (AvgIpc) is 2.07. The van der Waals surface area contributed by atoms with E-state index in [1.165, 1.54) is 0 Å². The number of nitriles is 1. The maximum atomic E-state index is 8.35. The van der Waals surface area contributed by atoms with Gasteiger partial charge in [-0.1, -0.05) is 12.6 Å². The minimum absolute atomic E-state index is 0.421. The fourth-order valence-electron chi connectivity index (χ4n) is 0.753. The molecule has 1 aromatic rings. The van der Waals surface area contributed by atoms with Crippen LogP contribution in [0.25, 0.3) is 6.08 Å². The second-order valence-corrected chi connectivity index (χ2v) is 2.13. The zero-order valence-electron chi connectivity index (χ0n) is 6.12. The molecule has 0 aliphatic heterocycles. The first-order valence-corrected chi connectivity index (χ1v) is 3.31. The Kier molecular flexibility index (Phi) is 2.40. The van der Waals surface area contributed by atoms with Crippen molar-refractivity contribution in [1.29, 1.82) is 5.26 Å². The smallest absolute Gasteiger partial charge is 0.0670 e. The zero-order valence-corrected chi connectivity index (χ0v) is 6.12. The summed E-state index contributed by atoms with van der Waals surface area (Å²) in [5, 5.41) is 8.35. The van der Waals surface area contributed by atoms with Gasteiger partial charge >= 0.3 is 0 Å². The molecule has 1 aromatic heterocycles. The van der Waals surface area contributed by atoms with Crippen LogP contribution in [0.2, 0.25) is 0 Å². The van der Waals surface area contributed by atoms with E-state index in [9.17, 15) is 0 Å². The third-order valence-corrected chi connectivity index (χ3v) is 1.34. The van der Waals surface area contributed by atoms with Crippen molar-refractivity contribution in [2.45, 2.75) is 6.42 Å². The third kappa shape index (κ3) is 1.91. The number of hydrogen-bond acceptors (Lipinski definition) is 2. The predicted molar refractivity (Wildman–Crippen MR) is 43.6 cm³/mol. The number of pyridine rings is 1. The van der Waals surface area contributed by atoms with Gasteiger partial charge in [-0.3, -0.25) is 4.98 Å². The van der Waals surface area contributed by atoms with E-state index in [0.717, 1.165) is 11.3 Å². The van der Waals surface area contributed by atoms with E-state index in [0.29, 0.717) is 6.42 Å². The number of rotatable bonds is 2. The van der Waals surface area contributed by atoms with Gasteiger partial charge in [0.15, 0.2) is 0 Å². The van der Waals surface area contributed by atoms with E-state index in [2.05, 4.69) is 17.6 Å². The van der Waals surface area contributed by atoms with Crippen molar-refractivity contribution < 1.29 is 0 Å². The Balaban J connectivity index is 2.84. The lowest BCUT2D eigenvalue weighted by Gasteiger charge is -1.93. The number of nitrogens with zero attached hydrogens (tertiary/aromatic N) is 2. The van der Waals surface area contributed by atoms with Crippen LogP contribution in [0, 0.1) is 11.3 Å². The first-order chi connectivity index (χ1) is 5.36. The van der Waals surface area contributed by atoms with Crippen molar-refractivity contribution in [3.63, 3.8) is 0 Å². The van der Waals surface area contributed by atoms with Crippen LogP contribution >= 0.6 is 0 Å². The lowest BCUT2D eigenvalue weighted by Crippen LogP contribution is -1.84. The Bertz CT molecular complexity index is 279. The standard InChI is InChI=1S/C9H8N2/c1-2-9-4-3-8(5-6-10)7-11-9/h2-4,7H,1,5H2. The molecule has 0 aromatic carbocycles. The molecule has 0 aliphatic rings. The molecule has 0 bridgehead atoms. The van der Waals surface area contributed by atoms with Crippen LogP contribution in [-0.2, 0) is 6.42 Å². The molecule has 2 nitrogen and oxygen atoms in total. The summed E-state index contributed by atoms with van der Waals surface area (Å²) in [6.07, 6.45) is 3.79. The van der Waals surface area contributed by atoms with Crippen molar-refractivity contribution in [3.8, 4) is 6.07 Å². The largest absolute Gasteiger partial charge is 0.257 e. The second kappa shape index (κ2) is 3.52. The molecule has 0 amide bonds. The number of hydrogen-bond donors (Lipinski definition) is 0. The molecule has 0 atom stereocenters. The molecular weight excluding hydrogens is 136 g/mol. The molecule has 54 valence electrons. The van der Waals surface area contributed by atoms with Crippen LogP contribution in [0.5, 0.6) is 0 Å². The van der Waals surface area contributed by atoms with Gasteiger partial charge < -0.3 is 0 Å². The Morgan fingerprint density at radius 3 is 2.91 bits per heavy atom. The molecule has 2 heteroatoms. The van der Waals surface area contributed by atoms with Crippen LogP contribution in [0.1, 0.15) is 11.3 Å². The summed E-state index contributed by atoms with van der Waals surface area (Å²) in [5.41, 5.74) is 1.78. The SMILES string of the molecule is C=Cc1ccc(CC#N)cn1. The Morgan fingerprint density at radius 2 is 2.45 bits per heavy atom. The molecule has 0 unspecified atom stereocenters. The van der Waals surface area contributed by atoms with Crippen LogP contribution in [0.4, 0.5) is 0 Å². The van der Waals surface area contributed by atoms with Gasteiger partial charge in [0.1, 0.15) is 0 Å². The minimum Gasteiger partial charge on any atom is -0.257 e. The maximum Gasteiger partial charge on any atom is 0.0670 e. The van der Waals surface area contributed by atoms with Gasteiger partial charge in [0.05, 0.1) is 18.2 Å². The Morgan fingerprint density at radius 1 is 1.64 bits per heavy atom. The fourth-order valence-corrected chi connectivity index (χ4v) is 0.753. The van der Waals surface area contributed by atoms with Crippen molar-refractivity contribution >= 4 is 6.08 Å². The van der Waals surface area contributed by atoms with Gasteiger partial charge in [0.2, 0.25) is 0 Å². The monoisotopic (exact) mass is 144 g/mol. The topological polar surface area (TPSA) is 36.7 Å². The zero-order chi connectivity index (χ0) is 8.10. The predicted octanol–water partition coefficient (Wildman–Crippen LogP) is 1.79. The van der Waals surface area contributed by atoms with E-state index >= 15 is 0 Å². The molecule has 0 aliphatic carbocycles. The first-order valence-electron chi connectivity index (χ1n) is 3.31. The molecule has 0 saturated heterocycles. The van der Waals surface area contributed by atoms with Gasteiger partial charge in [-0.15, -0.1) is 0 Å². The van der Waals surface area contributed by atoms with E-state index in [1.54, 1.807) is 12.3 Å². The Hall–Kier alpha value is -1.62. The summed E-state index contributed by atoms with van der Waals surface area (Å²) < 4.78 is 0. The molecule has 0 N–H and O–H groups in total. The third-order valence-electron chi connectivity index (χ3n) is 1.34. The first kappa shape index (κ1) is 7.49. The fraction of sp³-hybridized carbons (Fsp3) is 0.111. The highest BCUT2D eigenvalue weighted by Gasteiger charge is 1.90. The van der Waals surface area contributed by atoms with Crippen LogP contribution in [-0.4, -0.2) is 4.98 Å². The highest BCUT2D eigenvalue weighted by Crippen LogP contribution is 2.00. The van der Waals surface area contributed by atoms with Gasteiger partial charge in [0.25, 0.3) is 0 Å². The van der Waals surface area contributed by atoms with Crippen molar-refractivity contribution in [2.24, 2.45) is 0 Å². The maximum absolute atomic E-state index is 8.35. The van der Waals surface area contributed by atoms with E-state index in [1.807, 2.05) is 12.1 Å². The van der Waals surface area contributed by atoms with Gasteiger partial charge in [-0.2, -0.15) is 5.26 Å². The molecule has 0 fully saturated rings.